The summed E-state index contributed by atoms with van der Waals surface area (Å²) < 4.78 is 34.5. The molecule has 0 fully saturated rings. The molecule has 0 saturated heterocycles. The Balaban J connectivity index is 3.40. The first-order valence-corrected chi connectivity index (χ1v) is 4.97. The van der Waals surface area contributed by atoms with Gasteiger partial charge in [-0.2, -0.15) is 0 Å². The topological polar surface area (TPSA) is 60.4 Å². The molecule has 0 aliphatic carbocycles. The lowest BCUT2D eigenvalue weighted by molar-refractivity contribution is 0.366. The predicted molar refractivity (Wildman–Crippen MR) is 33.3 cm³/mol. The summed E-state index contributed by atoms with van der Waals surface area (Å²) in [7, 11) is -3.44. The number of sulfone groups is 1. The van der Waals surface area contributed by atoms with Gasteiger partial charge in [-0.05, 0) is 0 Å². The molecule has 0 aliphatic rings. The summed E-state index contributed by atoms with van der Waals surface area (Å²) >= 11 is 0. The van der Waals surface area contributed by atoms with Crippen LogP contribution in [0.15, 0.2) is 0 Å². The van der Waals surface area contributed by atoms with Crippen molar-refractivity contribution in [3.05, 3.63) is 0 Å². The maximum absolute atomic E-state index is 10.3. The van der Waals surface area contributed by atoms with Crippen LogP contribution in [0.25, 0.3) is 0 Å². The molecule has 0 spiro atoms. The van der Waals surface area contributed by atoms with Crippen molar-refractivity contribution in [2.24, 2.45) is 0 Å². The van der Waals surface area contributed by atoms with E-state index in [2.05, 4.69) is 4.52 Å². The molecule has 0 bridgehead atoms. The van der Waals surface area contributed by atoms with E-state index in [1.165, 1.54) is 0 Å². The van der Waals surface area contributed by atoms with Crippen molar-refractivity contribution in [1.29, 1.82) is 0 Å². The van der Waals surface area contributed by atoms with Gasteiger partial charge in [0.1, 0.15) is 9.84 Å². The SMILES string of the molecule is CS(=O)(=O)CCOP=O. The fourth-order valence-corrected chi connectivity index (χ4v) is 0.901. The van der Waals surface area contributed by atoms with Gasteiger partial charge in [0.05, 0.1) is 12.4 Å². The Morgan fingerprint density at radius 2 is 2.11 bits per heavy atom. The standard InChI is InChI=1S/C3H7O4PS/c1-9(5,6)3-2-7-8-4/h2-3H2,1H3. The lowest BCUT2D eigenvalue weighted by Crippen LogP contribution is -2.06. The van der Waals surface area contributed by atoms with Crippen LogP contribution < -0.4 is 0 Å². The number of rotatable bonds is 4. The highest BCUT2D eigenvalue weighted by molar-refractivity contribution is 7.90. The van der Waals surface area contributed by atoms with E-state index in [0.717, 1.165) is 6.26 Å². The Kier molecular flexibility index (Phi) is 3.93. The molecule has 0 atom stereocenters. The van der Waals surface area contributed by atoms with Gasteiger partial charge in [0.15, 0.2) is 0 Å². The van der Waals surface area contributed by atoms with Gasteiger partial charge in [0, 0.05) is 6.26 Å². The van der Waals surface area contributed by atoms with E-state index in [9.17, 15) is 13.0 Å². The largest absolute Gasteiger partial charge is 0.327 e. The summed E-state index contributed by atoms with van der Waals surface area (Å²) in [5.74, 6) is -0.0811. The minimum absolute atomic E-state index is 0.0100. The van der Waals surface area contributed by atoms with Gasteiger partial charge in [0.25, 0.3) is 0 Å². The van der Waals surface area contributed by atoms with Crippen molar-refractivity contribution in [3.8, 4) is 0 Å². The van der Waals surface area contributed by atoms with Gasteiger partial charge < -0.3 is 0 Å². The zero-order valence-corrected chi connectivity index (χ0v) is 6.61. The molecule has 54 valence electrons. The molecule has 0 rings (SSSR count). The van der Waals surface area contributed by atoms with Crippen LogP contribution in [-0.4, -0.2) is 27.0 Å². The first kappa shape index (κ1) is 9.01. The zero-order valence-electron chi connectivity index (χ0n) is 4.90. The Labute approximate surface area is 55.4 Å². The fourth-order valence-electron chi connectivity index (χ4n) is 0.226. The lowest BCUT2D eigenvalue weighted by Gasteiger charge is -1.91. The third-order valence-corrected chi connectivity index (χ3v) is 1.79. The summed E-state index contributed by atoms with van der Waals surface area (Å²) in [5.41, 5.74) is 0. The molecule has 0 aromatic carbocycles. The second-order valence-electron chi connectivity index (χ2n) is 1.54. The van der Waals surface area contributed by atoms with Crippen LogP contribution in [0.2, 0.25) is 0 Å². The van der Waals surface area contributed by atoms with E-state index in [0.29, 0.717) is 0 Å². The van der Waals surface area contributed by atoms with Crippen LogP contribution in [0, 0.1) is 0 Å². The maximum Gasteiger partial charge on any atom is 0.327 e. The van der Waals surface area contributed by atoms with Crippen molar-refractivity contribution in [1.82, 2.24) is 0 Å². The van der Waals surface area contributed by atoms with Gasteiger partial charge in [-0.1, -0.05) is 0 Å². The molecule has 0 amide bonds. The van der Waals surface area contributed by atoms with Crippen LogP contribution in [0.5, 0.6) is 0 Å². The molecule has 0 saturated carbocycles. The molecule has 0 unspecified atom stereocenters. The minimum Gasteiger partial charge on any atom is -0.293 e. The third-order valence-electron chi connectivity index (χ3n) is 0.598. The minimum atomic E-state index is -2.96. The van der Waals surface area contributed by atoms with Gasteiger partial charge in [-0.25, -0.2) is 13.0 Å². The van der Waals surface area contributed by atoms with Crippen molar-refractivity contribution in [2.45, 2.75) is 0 Å². The summed E-state index contributed by atoms with van der Waals surface area (Å²) in [6.07, 6.45) is 1.10. The van der Waals surface area contributed by atoms with Gasteiger partial charge in [0.2, 0.25) is 0 Å². The zero-order chi connectivity index (χ0) is 7.33. The first-order valence-electron chi connectivity index (χ1n) is 2.18. The summed E-state index contributed by atoms with van der Waals surface area (Å²) in [4.78, 5) is 0. The van der Waals surface area contributed by atoms with Crippen LogP contribution in [0.1, 0.15) is 0 Å². The average Bonchev–Trinajstić information content (AvgIpc) is 1.63. The number of hydrogen-bond acceptors (Lipinski definition) is 4. The van der Waals surface area contributed by atoms with Crippen LogP contribution in [-0.2, 0) is 18.9 Å². The molecular formula is C3H7O4PS. The Hall–Kier alpha value is 0.01000. The van der Waals surface area contributed by atoms with Gasteiger partial charge in [-0.3, -0.25) is 4.52 Å². The monoisotopic (exact) mass is 170 g/mol. The maximum atomic E-state index is 10.3. The summed E-state index contributed by atoms with van der Waals surface area (Å²) in [6.45, 7) is -0.0100. The normalized spacial score (nSPS) is 12.1. The Bertz CT molecular complexity index is 172. The van der Waals surface area contributed by atoms with Crippen LogP contribution in [0.4, 0.5) is 0 Å². The molecular weight excluding hydrogens is 163 g/mol. The molecule has 6 heteroatoms. The smallest absolute Gasteiger partial charge is 0.293 e. The second kappa shape index (κ2) is 3.93. The van der Waals surface area contributed by atoms with Crippen molar-refractivity contribution < 1.29 is 17.5 Å². The highest BCUT2D eigenvalue weighted by Crippen LogP contribution is 1.93. The number of hydrogen-bond donors (Lipinski definition) is 0. The molecule has 4 nitrogen and oxygen atoms in total. The highest BCUT2D eigenvalue weighted by Gasteiger charge is 1.99. The fraction of sp³-hybridized carbons (Fsp3) is 1.00. The quantitative estimate of drug-likeness (QED) is 0.448. The molecule has 0 heterocycles. The van der Waals surface area contributed by atoms with E-state index in [4.69, 9.17) is 0 Å². The molecule has 9 heavy (non-hydrogen) atoms. The average molecular weight is 170 g/mol. The van der Waals surface area contributed by atoms with Crippen LogP contribution >= 0.6 is 8.69 Å². The molecule has 0 radical (unpaired) electrons. The molecule has 0 aromatic rings. The van der Waals surface area contributed by atoms with Gasteiger partial charge in [-0.15, -0.1) is 0 Å². The van der Waals surface area contributed by atoms with E-state index in [1.807, 2.05) is 0 Å². The molecule has 0 N–H and O–H groups in total. The summed E-state index contributed by atoms with van der Waals surface area (Å²) in [6, 6.07) is 0. The van der Waals surface area contributed by atoms with Gasteiger partial charge >= 0.3 is 8.69 Å². The summed E-state index contributed by atoms with van der Waals surface area (Å²) in [5, 5.41) is 0. The third kappa shape index (κ3) is 8.01. The van der Waals surface area contributed by atoms with Crippen molar-refractivity contribution in [2.75, 3.05) is 18.6 Å². The highest BCUT2D eigenvalue weighted by atomic mass is 32.2. The first-order chi connectivity index (χ1) is 4.06. The van der Waals surface area contributed by atoms with E-state index < -0.39 is 18.5 Å². The van der Waals surface area contributed by atoms with E-state index >= 15 is 0 Å². The Morgan fingerprint density at radius 1 is 1.56 bits per heavy atom. The second-order valence-corrected chi connectivity index (χ2v) is 4.20. The van der Waals surface area contributed by atoms with Crippen molar-refractivity contribution in [3.63, 3.8) is 0 Å². The van der Waals surface area contributed by atoms with Crippen LogP contribution in [0.3, 0.4) is 0 Å². The molecule has 0 aliphatic heterocycles. The molecule has 0 aromatic heterocycles. The van der Waals surface area contributed by atoms with E-state index in [-0.39, 0.29) is 12.4 Å². The van der Waals surface area contributed by atoms with Crippen molar-refractivity contribution >= 4 is 18.5 Å². The predicted octanol–water partition coefficient (Wildman–Crippen LogP) is 0.254. The Morgan fingerprint density at radius 3 is 2.44 bits per heavy atom. The van der Waals surface area contributed by atoms with E-state index in [1.54, 1.807) is 0 Å². The lowest BCUT2D eigenvalue weighted by atomic mass is 10.9.